The zero-order valence-electron chi connectivity index (χ0n) is 20.3. The second kappa shape index (κ2) is 10.4. The van der Waals surface area contributed by atoms with Gasteiger partial charge in [0.2, 0.25) is 0 Å². The molecule has 33 heavy (non-hydrogen) atoms. The molecule has 4 heteroatoms. The summed E-state index contributed by atoms with van der Waals surface area (Å²) in [4.78, 5) is 18.1. The van der Waals surface area contributed by atoms with Crippen molar-refractivity contribution in [2.45, 2.75) is 40.2 Å². The molecule has 0 unspecified atom stereocenters. The molecule has 4 rings (SSSR count). The third-order valence-corrected chi connectivity index (χ3v) is 6.55. The molecule has 0 spiro atoms. The minimum absolute atomic E-state index is 0.135. The van der Waals surface area contributed by atoms with Gasteiger partial charge in [0.05, 0.1) is 6.54 Å². The lowest BCUT2D eigenvalue weighted by Gasteiger charge is -2.30. The molecule has 0 saturated carbocycles. The van der Waals surface area contributed by atoms with Crippen molar-refractivity contribution >= 4 is 5.91 Å². The molecule has 1 saturated heterocycles. The van der Waals surface area contributed by atoms with Gasteiger partial charge in [-0.3, -0.25) is 9.69 Å². The first kappa shape index (κ1) is 23.3. The van der Waals surface area contributed by atoms with Gasteiger partial charge < -0.3 is 9.32 Å². The van der Waals surface area contributed by atoms with Crippen molar-refractivity contribution in [1.29, 1.82) is 0 Å². The first-order valence-corrected chi connectivity index (χ1v) is 12.1. The van der Waals surface area contributed by atoms with E-state index in [0.717, 1.165) is 49.8 Å². The Hall–Kier alpha value is -2.85. The van der Waals surface area contributed by atoms with Gasteiger partial charge in [0.1, 0.15) is 11.5 Å². The monoisotopic (exact) mass is 444 g/mol. The Morgan fingerprint density at radius 3 is 2.36 bits per heavy atom. The molecule has 3 aromatic rings. The average Bonchev–Trinajstić information content (AvgIpc) is 3.39. The summed E-state index contributed by atoms with van der Waals surface area (Å²) >= 11 is 0. The Bertz CT molecular complexity index is 1040. The second-order valence-electron chi connectivity index (χ2n) is 9.95. The maximum absolute atomic E-state index is 13.5. The number of aryl methyl sites for hydroxylation is 2. The van der Waals surface area contributed by atoms with E-state index in [4.69, 9.17) is 4.42 Å². The summed E-state index contributed by atoms with van der Waals surface area (Å²) in [6, 6.07) is 22.8. The summed E-state index contributed by atoms with van der Waals surface area (Å²) < 4.78 is 5.85. The van der Waals surface area contributed by atoms with Crippen molar-refractivity contribution in [1.82, 2.24) is 9.80 Å². The maximum atomic E-state index is 13.5. The highest BCUT2D eigenvalue weighted by atomic mass is 16.3. The summed E-state index contributed by atoms with van der Waals surface area (Å²) in [5.74, 6) is 3.27. The van der Waals surface area contributed by atoms with E-state index >= 15 is 0 Å². The lowest BCUT2D eigenvalue weighted by molar-refractivity contribution is 0.0703. The van der Waals surface area contributed by atoms with E-state index in [1.54, 1.807) is 0 Å². The predicted octanol–water partition coefficient (Wildman–Crippen LogP) is 5.91. The van der Waals surface area contributed by atoms with Gasteiger partial charge in [-0.2, -0.15) is 0 Å². The number of rotatable bonds is 8. The van der Waals surface area contributed by atoms with Crippen LogP contribution in [0.1, 0.15) is 52.8 Å². The van der Waals surface area contributed by atoms with E-state index in [0.29, 0.717) is 17.8 Å². The van der Waals surface area contributed by atoms with Crippen molar-refractivity contribution in [2.24, 2.45) is 11.8 Å². The van der Waals surface area contributed by atoms with Crippen molar-refractivity contribution in [3.8, 4) is 0 Å². The van der Waals surface area contributed by atoms with Crippen molar-refractivity contribution in [2.75, 3.05) is 26.2 Å². The van der Waals surface area contributed by atoms with Crippen LogP contribution in [0.3, 0.4) is 0 Å². The first-order chi connectivity index (χ1) is 15.9. The van der Waals surface area contributed by atoms with Crippen molar-refractivity contribution in [3.05, 3.63) is 94.9 Å². The molecule has 2 aromatic carbocycles. The number of amides is 1. The fourth-order valence-corrected chi connectivity index (χ4v) is 4.99. The molecule has 1 fully saturated rings. The first-order valence-electron chi connectivity index (χ1n) is 12.1. The molecule has 2 atom stereocenters. The average molecular weight is 445 g/mol. The van der Waals surface area contributed by atoms with E-state index in [-0.39, 0.29) is 5.91 Å². The number of hydrogen-bond donors (Lipinski definition) is 0. The Morgan fingerprint density at radius 1 is 1.00 bits per heavy atom. The van der Waals surface area contributed by atoms with Crippen molar-refractivity contribution in [3.63, 3.8) is 0 Å². The van der Waals surface area contributed by atoms with E-state index in [9.17, 15) is 4.79 Å². The third kappa shape index (κ3) is 5.94. The molecule has 0 radical (unpaired) electrons. The highest BCUT2D eigenvalue weighted by Crippen LogP contribution is 2.34. The van der Waals surface area contributed by atoms with Crippen LogP contribution in [0.2, 0.25) is 0 Å². The number of carbonyl (C=O) groups excluding carboxylic acids is 1. The molecule has 2 heterocycles. The van der Waals surface area contributed by atoms with Crippen LogP contribution in [0, 0.1) is 25.7 Å². The topological polar surface area (TPSA) is 36.7 Å². The van der Waals surface area contributed by atoms with Gasteiger partial charge in [0, 0.05) is 37.7 Å². The van der Waals surface area contributed by atoms with Gasteiger partial charge in [-0.1, -0.05) is 61.9 Å². The minimum Gasteiger partial charge on any atom is -0.465 e. The van der Waals surface area contributed by atoms with E-state index in [1.807, 2.05) is 37.3 Å². The van der Waals surface area contributed by atoms with Crippen LogP contribution < -0.4 is 0 Å². The van der Waals surface area contributed by atoms with Crippen LogP contribution in [0.4, 0.5) is 0 Å². The Balaban J connectivity index is 1.56. The molecule has 0 N–H and O–H groups in total. The van der Waals surface area contributed by atoms with E-state index in [2.05, 4.69) is 67.0 Å². The smallest absolute Gasteiger partial charge is 0.253 e. The quantitative estimate of drug-likeness (QED) is 0.433. The Kier molecular flexibility index (Phi) is 7.34. The van der Waals surface area contributed by atoms with Crippen molar-refractivity contribution < 1.29 is 9.21 Å². The van der Waals surface area contributed by atoms with Crippen LogP contribution in [0.5, 0.6) is 0 Å². The molecular formula is C29H36N2O2. The highest BCUT2D eigenvalue weighted by Gasteiger charge is 2.36. The largest absolute Gasteiger partial charge is 0.465 e. The molecule has 174 valence electrons. The minimum atomic E-state index is 0.135. The standard InChI is InChI=1S/C29H36N2O2/c1-21(2)16-31(29(32)25-13-10-22(3)11-14-25)18-26-17-30(19-27-15-12-23(4)33-27)20-28(26)24-8-6-5-7-9-24/h5-15,21,26,28H,16-20H2,1-4H3/t26-,28-/m1/s1. The number of furan rings is 1. The third-order valence-electron chi connectivity index (χ3n) is 6.55. The van der Waals surface area contributed by atoms with Gasteiger partial charge in [-0.25, -0.2) is 0 Å². The normalized spacial score (nSPS) is 18.7. The van der Waals surface area contributed by atoms with E-state index in [1.165, 1.54) is 11.1 Å². The molecule has 0 aliphatic carbocycles. The predicted molar refractivity (Wildman–Crippen MR) is 133 cm³/mol. The maximum Gasteiger partial charge on any atom is 0.253 e. The summed E-state index contributed by atoms with van der Waals surface area (Å²) in [5.41, 5.74) is 3.30. The van der Waals surface area contributed by atoms with Crippen LogP contribution in [0.15, 0.2) is 71.1 Å². The Labute approximate surface area is 198 Å². The SMILES string of the molecule is Cc1ccc(C(=O)N(CC(C)C)C[C@H]2CN(Cc3ccc(C)o3)C[C@@H]2c2ccccc2)cc1. The van der Waals surface area contributed by atoms with Crippen LogP contribution >= 0.6 is 0 Å². The highest BCUT2D eigenvalue weighted by molar-refractivity contribution is 5.94. The molecule has 1 aromatic heterocycles. The molecule has 1 amide bonds. The molecule has 1 aliphatic heterocycles. The van der Waals surface area contributed by atoms with Gasteiger partial charge in [-0.05, 0) is 55.5 Å². The number of carbonyl (C=O) groups is 1. The summed E-state index contributed by atoms with van der Waals surface area (Å²) in [5, 5.41) is 0. The summed E-state index contributed by atoms with van der Waals surface area (Å²) in [7, 11) is 0. The van der Waals surface area contributed by atoms with Crippen LogP contribution in [0.25, 0.3) is 0 Å². The van der Waals surface area contributed by atoms with Crippen LogP contribution in [-0.2, 0) is 6.54 Å². The number of nitrogens with zero attached hydrogens (tertiary/aromatic N) is 2. The lowest BCUT2D eigenvalue weighted by Crippen LogP contribution is -2.39. The molecule has 1 aliphatic rings. The number of benzene rings is 2. The second-order valence-corrected chi connectivity index (χ2v) is 9.95. The van der Waals surface area contributed by atoms with Gasteiger partial charge >= 0.3 is 0 Å². The van der Waals surface area contributed by atoms with E-state index < -0.39 is 0 Å². The van der Waals surface area contributed by atoms with Gasteiger partial charge in [0.15, 0.2) is 0 Å². The fraction of sp³-hybridized carbons (Fsp3) is 0.414. The Morgan fingerprint density at radius 2 is 1.73 bits per heavy atom. The van der Waals surface area contributed by atoms with Crippen LogP contribution in [-0.4, -0.2) is 41.9 Å². The fourth-order valence-electron chi connectivity index (χ4n) is 4.99. The molecular weight excluding hydrogens is 408 g/mol. The summed E-state index contributed by atoms with van der Waals surface area (Å²) in [6.45, 7) is 12.7. The molecule has 4 nitrogen and oxygen atoms in total. The zero-order valence-corrected chi connectivity index (χ0v) is 20.3. The van der Waals surface area contributed by atoms with Gasteiger partial charge in [-0.15, -0.1) is 0 Å². The number of likely N-dealkylation sites (tertiary alicyclic amines) is 1. The zero-order chi connectivity index (χ0) is 23.4. The lowest BCUT2D eigenvalue weighted by atomic mass is 9.88. The summed E-state index contributed by atoms with van der Waals surface area (Å²) in [6.07, 6.45) is 0. The molecule has 0 bridgehead atoms. The number of hydrogen-bond acceptors (Lipinski definition) is 3. The van der Waals surface area contributed by atoms with Gasteiger partial charge in [0.25, 0.3) is 5.91 Å².